The molecule has 2 saturated carbocycles. The van der Waals surface area contributed by atoms with Crippen molar-refractivity contribution < 1.29 is 4.74 Å². The number of ether oxygens (including phenoxy) is 1. The van der Waals surface area contributed by atoms with E-state index in [1.807, 2.05) is 0 Å². The highest BCUT2D eigenvalue weighted by Crippen LogP contribution is 2.47. The Balaban J connectivity index is 0.000000166. The Labute approximate surface area is 177 Å². The van der Waals surface area contributed by atoms with Crippen molar-refractivity contribution in [1.29, 1.82) is 0 Å². The van der Waals surface area contributed by atoms with Gasteiger partial charge in [0.05, 0.1) is 6.10 Å². The van der Waals surface area contributed by atoms with Crippen LogP contribution in [0.2, 0.25) is 0 Å². The van der Waals surface area contributed by atoms with E-state index < -0.39 is 0 Å². The maximum atomic E-state index is 5.82. The van der Waals surface area contributed by atoms with Crippen LogP contribution in [0, 0.1) is 0 Å². The molecular weight excluding hydrogens is 354 g/mol. The molecule has 2 aromatic rings. The molecule has 0 heterocycles. The van der Waals surface area contributed by atoms with E-state index in [0.29, 0.717) is 11.5 Å². The van der Waals surface area contributed by atoms with E-state index in [4.69, 9.17) is 10.5 Å². The van der Waals surface area contributed by atoms with Gasteiger partial charge >= 0.3 is 0 Å². The van der Waals surface area contributed by atoms with Crippen LogP contribution in [0.3, 0.4) is 0 Å². The monoisotopic (exact) mass is 393 g/mol. The lowest BCUT2D eigenvalue weighted by Gasteiger charge is -2.20. The van der Waals surface area contributed by atoms with Crippen LogP contribution in [-0.2, 0) is 16.2 Å². The highest BCUT2D eigenvalue weighted by Gasteiger charge is 2.42. The molecule has 0 aromatic heterocycles. The van der Waals surface area contributed by atoms with E-state index >= 15 is 0 Å². The second-order valence-corrected chi connectivity index (χ2v) is 10.9. The maximum absolute atomic E-state index is 5.82. The molecule has 0 saturated heterocycles. The summed E-state index contributed by atoms with van der Waals surface area (Å²) in [5.74, 6) is 1.01. The molecule has 2 aromatic carbocycles. The minimum absolute atomic E-state index is 0.234. The molecular formula is C27H39NO. The van der Waals surface area contributed by atoms with Gasteiger partial charge in [0.1, 0.15) is 5.75 Å². The van der Waals surface area contributed by atoms with Crippen molar-refractivity contribution in [3.8, 4) is 5.75 Å². The number of rotatable bonds is 4. The molecule has 0 atom stereocenters. The van der Waals surface area contributed by atoms with E-state index in [1.165, 1.54) is 42.4 Å². The van der Waals surface area contributed by atoms with Gasteiger partial charge in [0.15, 0.2) is 0 Å². The Kier molecular flexibility index (Phi) is 6.15. The van der Waals surface area contributed by atoms with Crippen molar-refractivity contribution in [2.45, 2.75) is 89.6 Å². The number of benzene rings is 2. The smallest absolute Gasteiger partial charge is 0.119 e. The van der Waals surface area contributed by atoms with Gasteiger partial charge in [0, 0.05) is 12.0 Å². The van der Waals surface area contributed by atoms with Crippen molar-refractivity contribution in [2.75, 3.05) is 6.54 Å². The molecule has 29 heavy (non-hydrogen) atoms. The van der Waals surface area contributed by atoms with Gasteiger partial charge in [0.2, 0.25) is 0 Å². The lowest BCUT2D eigenvalue weighted by molar-refractivity contribution is 0.303. The molecule has 0 spiro atoms. The lowest BCUT2D eigenvalue weighted by atomic mass is 9.85. The largest absolute Gasteiger partial charge is 0.490 e. The van der Waals surface area contributed by atoms with Crippen molar-refractivity contribution in [2.24, 2.45) is 5.73 Å². The third-order valence-electron chi connectivity index (χ3n) is 6.16. The number of hydrogen-bond acceptors (Lipinski definition) is 2. The molecule has 2 nitrogen and oxygen atoms in total. The molecule has 2 aliphatic carbocycles. The minimum Gasteiger partial charge on any atom is -0.490 e. The zero-order valence-corrected chi connectivity index (χ0v) is 19.2. The fraction of sp³-hybridized carbons (Fsp3) is 0.556. The van der Waals surface area contributed by atoms with Crippen LogP contribution < -0.4 is 10.5 Å². The number of hydrogen-bond donors (Lipinski definition) is 1. The van der Waals surface area contributed by atoms with Gasteiger partial charge in [-0.15, -0.1) is 0 Å². The molecule has 0 amide bonds. The summed E-state index contributed by atoms with van der Waals surface area (Å²) >= 11 is 0. The predicted molar refractivity (Wildman–Crippen MR) is 124 cm³/mol. The van der Waals surface area contributed by atoms with E-state index in [1.54, 1.807) is 0 Å². The fourth-order valence-corrected chi connectivity index (χ4v) is 3.50. The van der Waals surface area contributed by atoms with Crippen molar-refractivity contribution in [1.82, 2.24) is 0 Å². The SMILES string of the molecule is CC(C)(C)c1ccc(C2(CN)CC2)cc1.CC(C)(C)c1ccc(OC2CC2)cc1. The van der Waals surface area contributed by atoms with E-state index in [-0.39, 0.29) is 10.8 Å². The molecule has 0 aliphatic heterocycles. The summed E-state index contributed by atoms with van der Waals surface area (Å²) in [6, 6.07) is 17.5. The van der Waals surface area contributed by atoms with Gasteiger partial charge in [-0.25, -0.2) is 0 Å². The zero-order chi connectivity index (χ0) is 21.3. The van der Waals surface area contributed by atoms with Gasteiger partial charge in [-0.05, 0) is 65.3 Å². The molecule has 2 fully saturated rings. The molecule has 0 radical (unpaired) electrons. The second-order valence-electron chi connectivity index (χ2n) is 10.9. The lowest BCUT2D eigenvalue weighted by Crippen LogP contribution is -2.20. The highest BCUT2D eigenvalue weighted by atomic mass is 16.5. The van der Waals surface area contributed by atoms with Crippen LogP contribution in [0.4, 0.5) is 0 Å². The molecule has 4 rings (SSSR count). The van der Waals surface area contributed by atoms with Crippen LogP contribution in [0.25, 0.3) is 0 Å². The Morgan fingerprint density at radius 2 is 1.24 bits per heavy atom. The average molecular weight is 394 g/mol. The molecule has 2 aliphatic rings. The Hall–Kier alpha value is -1.80. The topological polar surface area (TPSA) is 35.2 Å². The summed E-state index contributed by atoms with van der Waals surface area (Å²) in [5, 5.41) is 0. The molecule has 0 bridgehead atoms. The Bertz CT molecular complexity index is 782. The number of nitrogens with two attached hydrogens (primary N) is 1. The first-order chi connectivity index (χ1) is 13.5. The molecule has 158 valence electrons. The van der Waals surface area contributed by atoms with Crippen LogP contribution >= 0.6 is 0 Å². The van der Waals surface area contributed by atoms with Gasteiger partial charge in [-0.3, -0.25) is 0 Å². The van der Waals surface area contributed by atoms with Crippen LogP contribution in [-0.4, -0.2) is 12.6 Å². The van der Waals surface area contributed by atoms with Crippen molar-refractivity contribution in [3.63, 3.8) is 0 Å². The summed E-state index contributed by atoms with van der Waals surface area (Å²) in [5.41, 5.74) is 10.8. The zero-order valence-electron chi connectivity index (χ0n) is 19.2. The normalized spacial score (nSPS) is 17.9. The van der Waals surface area contributed by atoms with E-state index in [9.17, 15) is 0 Å². The quantitative estimate of drug-likeness (QED) is 0.643. The predicted octanol–water partition coefficient (Wildman–Crippen LogP) is 6.50. The molecule has 2 heteroatoms. The summed E-state index contributed by atoms with van der Waals surface area (Å²) in [6.45, 7) is 14.2. The third-order valence-corrected chi connectivity index (χ3v) is 6.16. The second kappa shape index (κ2) is 8.14. The van der Waals surface area contributed by atoms with Gasteiger partial charge in [-0.2, -0.15) is 0 Å². The summed E-state index contributed by atoms with van der Waals surface area (Å²) in [6.07, 6.45) is 5.47. The standard InChI is InChI=1S/C14H21N.C13H18O/c1-13(2,3)11-4-6-12(7-5-11)14(10-15)8-9-14;1-13(2,3)10-4-6-11(7-5-10)14-12-8-9-12/h4-7H,8-10,15H2,1-3H3;4-7,12H,8-9H2,1-3H3. The first-order valence-electron chi connectivity index (χ1n) is 11.1. The minimum atomic E-state index is 0.234. The van der Waals surface area contributed by atoms with Gasteiger partial charge < -0.3 is 10.5 Å². The van der Waals surface area contributed by atoms with E-state index in [0.717, 1.165) is 12.3 Å². The summed E-state index contributed by atoms with van der Waals surface area (Å²) in [7, 11) is 0. The fourth-order valence-electron chi connectivity index (χ4n) is 3.50. The van der Waals surface area contributed by atoms with E-state index in [2.05, 4.69) is 90.1 Å². The molecule has 2 N–H and O–H groups in total. The summed E-state index contributed by atoms with van der Waals surface area (Å²) in [4.78, 5) is 0. The van der Waals surface area contributed by atoms with Gasteiger partial charge in [0.25, 0.3) is 0 Å². The van der Waals surface area contributed by atoms with Crippen molar-refractivity contribution >= 4 is 0 Å². The van der Waals surface area contributed by atoms with Crippen LogP contribution in [0.1, 0.15) is 83.9 Å². The highest BCUT2D eigenvalue weighted by molar-refractivity contribution is 5.36. The Morgan fingerprint density at radius 3 is 1.59 bits per heavy atom. The molecule has 0 unspecified atom stereocenters. The average Bonchev–Trinajstić information content (AvgIpc) is 3.57. The maximum Gasteiger partial charge on any atom is 0.119 e. The third kappa shape index (κ3) is 5.85. The van der Waals surface area contributed by atoms with Crippen LogP contribution in [0.5, 0.6) is 5.75 Å². The Morgan fingerprint density at radius 1 is 0.793 bits per heavy atom. The van der Waals surface area contributed by atoms with Gasteiger partial charge in [-0.1, -0.05) is 77.9 Å². The van der Waals surface area contributed by atoms with Crippen molar-refractivity contribution in [3.05, 3.63) is 65.2 Å². The van der Waals surface area contributed by atoms with Crippen LogP contribution in [0.15, 0.2) is 48.5 Å². The first-order valence-corrected chi connectivity index (χ1v) is 11.1. The first kappa shape index (κ1) is 21.9. The summed E-state index contributed by atoms with van der Waals surface area (Å²) < 4.78 is 5.69.